The Hall–Kier alpha value is -0.380. The Bertz CT molecular complexity index is 418. The summed E-state index contributed by atoms with van der Waals surface area (Å²) in [6.45, 7) is 4.57. The molecule has 118 valence electrons. The van der Waals surface area contributed by atoms with Gasteiger partial charge in [-0.2, -0.15) is 0 Å². The van der Waals surface area contributed by atoms with Gasteiger partial charge in [0.15, 0.2) is 0 Å². The van der Waals surface area contributed by atoms with E-state index in [1.165, 1.54) is 37.8 Å². The summed E-state index contributed by atoms with van der Waals surface area (Å²) in [7, 11) is 4.38. The Labute approximate surface area is 138 Å². The minimum atomic E-state index is 0.695. The summed E-state index contributed by atoms with van der Waals surface area (Å²) in [5.74, 6) is 1.72. The Balaban J connectivity index is 1.90. The van der Waals surface area contributed by atoms with E-state index in [4.69, 9.17) is 0 Å². The van der Waals surface area contributed by atoms with Crippen molar-refractivity contribution in [2.24, 2.45) is 11.8 Å². The molecule has 0 radical (unpaired) electrons. The normalized spacial score (nSPS) is 26.2. The van der Waals surface area contributed by atoms with E-state index in [-0.39, 0.29) is 0 Å². The van der Waals surface area contributed by atoms with E-state index in [0.29, 0.717) is 6.04 Å². The molecule has 1 aromatic rings. The Kier molecular flexibility index (Phi) is 6.72. The molecule has 1 aliphatic carbocycles. The van der Waals surface area contributed by atoms with Crippen LogP contribution in [-0.2, 0) is 6.54 Å². The van der Waals surface area contributed by atoms with E-state index < -0.39 is 0 Å². The number of nitrogens with zero attached hydrogens (tertiary/aromatic N) is 1. The molecule has 21 heavy (non-hydrogen) atoms. The van der Waals surface area contributed by atoms with Crippen molar-refractivity contribution in [2.45, 2.75) is 45.2 Å². The molecule has 3 atom stereocenters. The van der Waals surface area contributed by atoms with Crippen molar-refractivity contribution >= 4 is 15.9 Å². The molecule has 0 aliphatic heterocycles. The standard InChI is InChI=1S/C18H29BrN2/c1-4-14-7-10-18(20-2)16(11-14)13-21(3)12-15-5-8-17(19)9-6-15/h5-6,8-9,14,16,18,20H,4,7,10-13H2,1-3H3. The van der Waals surface area contributed by atoms with Gasteiger partial charge in [-0.25, -0.2) is 0 Å². The van der Waals surface area contributed by atoms with Gasteiger partial charge in [0.25, 0.3) is 0 Å². The van der Waals surface area contributed by atoms with Crippen LogP contribution in [0.3, 0.4) is 0 Å². The SMILES string of the molecule is CCC1CCC(NC)C(CN(C)Cc2ccc(Br)cc2)C1. The molecule has 1 aliphatic rings. The largest absolute Gasteiger partial charge is 0.317 e. The summed E-state index contributed by atoms with van der Waals surface area (Å²) in [6, 6.07) is 9.39. The molecule has 0 heterocycles. The minimum Gasteiger partial charge on any atom is -0.317 e. The predicted molar refractivity (Wildman–Crippen MR) is 94.4 cm³/mol. The average molecular weight is 353 g/mol. The molecule has 1 aromatic carbocycles. The van der Waals surface area contributed by atoms with Crippen molar-refractivity contribution in [1.82, 2.24) is 10.2 Å². The number of nitrogens with one attached hydrogen (secondary N) is 1. The Morgan fingerprint density at radius 1 is 1.24 bits per heavy atom. The van der Waals surface area contributed by atoms with Gasteiger partial charge >= 0.3 is 0 Å². The maximum Gasteiger partial charge on any atom is 0.0230 e. The van der Waals surface area contributed by atoms with E-state index in [9.17, 15) is 0 Å². The third-order valence-electron chi connectivity index (χ3n) is 4.95. The van der Waals surface area contributed by atoms with E-state index in [2.05, 4.69) is 71.4 Å². The lowest BCUT2D eigenvalue weighted by Gasteiger charge is -2.38. The first-order valence-electron chi connectivity index (χ1n) is 8.22. The van der Waals surface area contributed by atoms with Crippen molar-refractivity contribution in [1.29, 1.82) is 0 Å². The number of benzene rings is 1. The zero-order chi connectivity index (χ0) is 15.2. The lowest BCUT2D eigenvalue weighted by molar-refractivity contribution is 0.153. The second kappa shape index (κ2) is 8.30. The molecule has 0 saturated heterocycles. The van der Waals surface area contributed by atoms with E-state index in [1.54, 1.807) is 0 Å². The second-order valence-corrected chi connectivity index (χ2v) is 7.48. The van der Waals surface area contributed by atoms with Crippen molar-refractivity contribution in [3.63, 3.8) is 0 Å². The smallest absolute Gasteiger partial charge is 0.0230 e. The first-order valence-corrected chi connectivity index (χ1v) is 9.02. The average Bonchev–Trinajstić information content (AvgIpc) is 2.49. The highest BCUT2D eigenvalue weighted by Gasteiger charge is 2.29. The van der Waals surface area contributed by atoms with Gasteiger partial charge in [-0.15, -0.1) is 0 Å². The molecule has 3 unspecified atom stereocenters. The molecule has 0 aromatic heterocycles. The van der Waals surface area contributed by atoms with Crippen LogP contribution in [0.2, 0.25) is 0 Å². The molecular formula is C18H29BrN2. The van der Waals surface area contributed by atoms with Gasteiger partial charge in [0.2, 0.25) is 0 Å². The highest BCUT2D eigenvalue weighted by Crippen LogP contribution is 2.31. The lowest BCUT2D eigenvalue weighted by Crippen LogP contribution is -2.43. The summed E-state index contributed by atoms with van der Waals surface area (Å²) < 4.78 is 1.15. The van der Waals surface area contributed by atoms with Crippen molar-refractivity contribution in [3.8, 4) is 0 Å². The molecule has 1 saturated carbocycles. The van der Waals surface area contributed by atoms with Gasteiger partial charge in [0.05, 0.1) is 0 Å². The number of halogens is 1. The van der Waals surface area contributed by atoms with Crippen LogP contribution in [0.4, 0.5) is 0 Å². The van der Waals surface area contributed by atoms with Crippen LogP contribution in [0.1, 0.15) is 38.2 Å². The fraction of sp³-hybridized carbons (Fsp3) is 0.667. The third-order valence-corrected chi connectivity index (χ3v) is 5.48. The van der Waals surface area contributed by atoms with Crippen LogP contribution in [0.25, 0.3) is 0 Å². The van der Waals surface area contributed by atoms with Gasteiger partial charge < -0.3 is 10.2 Å². The van der Waals surface area contributed by atoms with Crippen molar-refractivity contribution < 1.29 is 0 Å². The summed E-state index contributed by atoms with van der Waals surface area (Å²) in [5.41, 5.74) is 1.39. The van der Waals surface area contributed by atoms with Gasteiger partial charge in [0.1, 0.15) is 0 Å². The maximum atomic E-state index is 3.54. The summed E-state index contributed by atoms with van der Waals surface area (Å²) in [4.78, 5) is 2.48. The molecule has 3 heteroatoms. The molecule has 0 bridgehead atoms. The zero-order valence-corrected chi connectivity index (χ0v) is 15.2. The van der Waals surface area contributed by atoms with E-state index in [1.807, 2.05) is 0 Å². The van der Waals surface area contributed by atoms with Crippen LogP contribution in [0.15, 0.2) is 28.7 Å². The van der Waals surface area contributed by atoms with Crippen LogP contribution in [0, 0.1) is 11.8 Å². The number of hydrogen-bond acceptors (Lipinski definition) is 2. The van der Waals surface area contributed by atoms with Crippen molar-refractivity contribution in [2.75, 3.05) is 20.6 Å². The first kappa shape index (κ1) is 17.0. The summed E-state index contributed by atoms with van der Waals surface area (Å²) in [6.07, 6.45) is 5.46. The van der Waals surface area contributed by atoms with Gasteiger partial charge in [-0.05, 0) is 62.9 Å². The number of rotatable bonds is 6. The first-order chi connectivity index (χ1) is 10.1. The van der Waals surface area contributed by atoms with E-state index >= 15 is 0 Å². The van der Waals surface area contributed by atoms with E-state index in [0.717, 1.165) is 22.9 Å². The highest BCUT2D eigenvalue weighted by atomic mass is 79.9. The molecular weight excluding hydrogens is 324 g/mol. The van der Waals surface area contributed by atoms with Crippen LogP contribution < -0.4 is 5.32 Å². The zero-order valence-electron chi connectivity index (χ0n) is 13.6. The maximum absolute atomic E-state index is 3.54. The Morgan fingerprint density at radius 2 is 1.95 bits per heavy atom. The molecule has 0 amide bonds. The highest BCUT2D eigenvalue weighted by molar-refractivity contribution is 9.10. The number of hydrogen-bond donors (Lipinski definition) is 1. The van der Waals surface area contributed by atoms with Crippen LogP contribution in [0.5, 0.6) is 0 Å². The van der Waals surface area contributed by atoms with Gasteiger partial charge in [0, 0.05) is 23.6 Å². The Morgan fingerprint density at radius 3 is 2.57 bits per heavy atom. The predicted octanol–water partition coefficient (Wildman–Crippen LogP) is 4.30. The monoisotopic (exact) mass is 352 g/mol. The minimum absolute atomic E-state index is 0.695. The summed E-state index contributed by atoms with van der Waals surface area (Å²) >= 11 is 3.50. The van der Waals surface area contributed by atoms with Crippen LogP contribution in [-0.4, -0.2) is 31.6 Å². The fourth-order valence-corrected chi connectivity index (χ4v) is 3.94. The summed E-state index contributed by atoms with van der Waals surface area (Å²) in [5, 5.41) is 3.54. The van der Waals surface area contributed by atoms with Crippen LogP contribution >= 0.6 is 15.9 Å². The molecule has 0 spiro atoms. The van der Waals surface area contributed by atoms with Gasteiger partial charge in [-0.3, -0.25) is 0 Å². The van der Waals surface area contributed by atoms with Gasteiger partial charge in [-0.1, -0.05) is 41.4 Å². The second-order valence-electron chi connectivity index (χ2n) is 6.57. The topological polar surface area (TPSA) is 15.3 Å². The molecule has 2 nitrogen and oxygen atoms in total. The lowest BCUT2D eigenvalue weighted by atomic mass is 9.76. The van der Waals surface area contributed by atoms with Crippen molar-refractivity contribution in [3.05, 3.63) is 34.3 Å². The molecule has 1 fully saturated rings. The fourth-order valence-electron chi connectivity index (χ4n) is 3.68. The molecule has 2 rings (SSSR count). The quantitative estimate of drug-likeness (QED) is 0.821. The molecule has 1 N–H and O–H groups in total. The third kappa shape index (κ3) is 5.08.